The highest BCUT2D eigenvalue weighted by molar-refractivity contribution is 7.80. The van der Waals surface area contributed by atoms with Crippen LogP contribution in [0, 0.1) is 10.1 Å². The van der Waals surface area contributed by atoms with Gasteiger partial charge in [0.15, 0.2) is 5.11 Å². The number of nitrogens with one attached hydrogen (secondary N) is 2. The summed E-state index contributed by atoms with van der Waals surface area (Å²) in [5.74, 6) is 0. The molecule has 2 aromatic carbocycles. The molecule has 0 amide bonds. The van der Waals surface area contributed by atoms with Crippen LogP contribution in [0.2, 0.25) is 0 Å². The second kappa shape index (κ2) is 5.17. The Hall–Kier alpha value is -2.73. The van der Waals surface area contributed by atoms with Crippen LogP contribution in [-0.2, 0) is 6.42 Å². The summed E-state index contributed by atoms with van der Waals surface area (Å²) in [6.45, 7) is 0. The van der Waals surface area contributed by atoms with E-state index in [9.17, 15) is 10.1 Å². The first kappa shape index (κ1) is 13.9. The average Bonchev–Trinajstić information content (AvgIpc) is 2.93. The lowest BCUT2D eigenvalue weighted by atomic mass is 9.95. The van der Waals surface area contributed by atoms with Crippen LogP contribution < -0.4 is 10.6 Å². The Labute approximate surface area is 138 Å². The molecule has 5 nitrogen and oxygen atoms in total. The number of benzene rings is 2. The molecule has 2 N–H and O–H groups in total. The number of nitro groups is 1. The van der Waals surface area contributed by atoms with Gasteiger partial charge in [0.25, 0.3) is 5.69 Å². The van der Waals surface area contributed by atoms with E-state index in [1.54, 1.807) is 12.1 Å². The molecule has 2 aromatic rings. The Morgan fingerprint density at radius 2 is 2.00 bits per heavy atom. The largest absolute Gasteiger partial charge is 0.352 e. The van der Waals surface area contributed by atoms with Crippen LogP contribution in [-0.4, -0.2) is 10.0 Å². The van der Waals surface area contributed by atoms with Crippen molar-refractivity contribution in [3.63, 3.8) is 0 Å². The molecular weight excluding hydrogens is 310 g/mol. The molecule has 23 heavy (non-hydrogen) atoms. The van der Waals surface area contributed by atoms with E-state index >= 15 is 0 Å². The van der Waals surface area contributed by atoms with E-state index in [1.165, 1.54) is 17.2 Å². The summed E-state index contributed by atoms with van der Waals surface area (Å²) in [6.07, 6.45) is 0.807. The number of hydrogen-bond acceptors (Lipinski definition) is 3. The molecule has 0 fully saturated rings. The predicted molar refractivity (Wildman–Crippen MR) is 91.8 cm³/mol. The lowest BCUT2D eigenvalue weighted by Crippen LogP contribution is -2.42. The van der Waals surface area contributed by atoms with Gasteiger partial charge in [-0.2, -0.15) is 0 Å². The lowest BCUT2D eigenvalue weighted by Gasteiger charge is -2.29. The summed E-state index contributed by atoms with van der Waals surface area (Å²) >= 11 is 5.33. The monoisotopic (exact) mass is 323 g/mol. The van der Waals surface area contributed by atoms with Crippen molar-refractivity contribution in [1.82, 2.24) is 10.6 Å². The predicted octanol–water partition coefficient (Wildman–Crippen LogP) is 3.08. The van der Waals surface area contributed by atoms with Crippen molar-refractivity contribution in [3.8, 4) is 0 Å². The van der Waals surface area contributed by atoms with Gasteiger partial charge in [0.2, 0.25) is 0 Å². The molecule has 114 valence electrons. The minimum Gasteiger partial charge on any atom is -0.352 e. The average molecular weight is 323 g/mol. The molecule has 0 bridgehead atoms. The maximum Gasteiger partial charge on any atom is 0.269 e. The van der Waals surface area contributed by atoms with Gasteiger partial charge in [-0.25, -0.2) is 0 Å². The second-order valence-electron chi connectivity index (χ2n) is 5.62. The third kappa shape index (κ3) is 2.27. The summed E-state index contributed by atoms with van der Waals surface area (Å²) in [4.78, 5) is 10.7. The normalized spacial score (nSPS) is 18.8. The summed E-state index contributed by atoms with van der Waals surface area (Å²) in [7, 11) is 0. The first-order valence-electron chi connectivity index (χ1n) is 7.26. The third-order valence-electron chi connectivity index (χ3n) is 4.27. The summed E-state index contributed by atoms with van der Waals surface area (Å²) in [5, 5.41) is 18.1. The minimum atomic E-state index is -0.373. The van der Waals surface area contributed by atoms with Gasteiger partial charge < -0.3 is 10.6 Å². The molecule has 0 radical (unpaired) electrons. The summed E-state index contributed by atoms with van der Waals surface area (Å²) in [6, 6.07) is 14.8. The highest BCUT2D eigenvalue weighted by atomic mass is 32.1. The van der Waals surface area contributed by atoms with Crippen LogP contribution in [0.3, 0.4) is 0 Å². The number of nitrogens with zero attached hydrogens (tertiary/aromatic N) is 1. The molecule has 1 aliphatic heterocycles. The Morgan fingerprint density at radius 3 is 2.83 bits per heavy atom. The van der Waals surface area contributed by atoms with Crippen molar-refractivity contribution < 1.29 is 4.92 Å². The van der Waals surface area contributed by atoms with E-state index in [2.05, 4.69) is 22.8 Å². The van der Waals surface area contributed by atoms with Crippen molar-refractivity contribution in [3.05, 3.63) is 80.9 Å². The van der Waals surface area contributed by atoms with Crippen LogP contribution in [0.15, 0.2) is 54.1 Å². The molecule has 2 aliphatic rings. The van der Waals surface area contributed by atoms with Crippen LogP contribution in [0.5, 0.6) is 0 Å². The van der Waals surface area contributed by atoms with Crippen molar-refractivity contribution >= 4 is 28.7 Å². The SMILES string of the molecule is O=[N+]([O-])c1cccc(C2NC(=S)NC3=C2Cc2ccccc23)c1. The molecule has 1 aliphatic carbocycles. The lowest BCUT2D eigenvalue weighted by molar-refractivity contribution is -0.384. The molecule has 4 rings (SSSR count). The van der Waals surface area contributed by atoms with Crippen LogP contribution in [0.4, 0.5) is 5.69 Å². The minimum absolute atomic E-state index is 0.0893. The van der Waals surface area contributed by atoms with Gasteiger partial charge >= 0.3 is 0 Å². The first-order valence-corrected chi connectivity index (χ1v) is 7.67. The van der Waals surface area contributed by atoms with Gasteiger partial charge in [0.05, 0.1) is 11.0 Å². The smallest absolute Gasteiger partial charge is 0.269 e. The quantitative estimate of drug-likeness (QED) is 0.505. The summed E-state index contributed by atoms with van der Waals surface area (Å²) < 4.78 is 0. The Balaban J connectivity index is 1.81. The van der Waals surface area contributed by atoms with Crippen LogP contribution >= 0.6 is 12.2 Å². The van der Waals surface area contributed by atoms with E-state index < -0.39 is 0 Å². The van der Waals surface area contributed by atoms with Crippen molar-refractivity contribution in [1.29, 1.82) is 0 Å². The van der Waals surface area contributed by atoms with E-state index in [1.807, 2.05) is 18.2 Å². The number of fused-ring (bicyclic) bond motifs is 2. The summed E-state index contributed by atoms with van der Waals surface area (Å²) in [5.41, 5.74) is 5.53. The molecule has 0 saturated carbocycles. The number of hydrogen-bond donors (Lipinski definition) is 2. The van der Waals surface area contributed by atoms with E-state index in [4.69, 9.17) is 12.2 Å². The standard InChI is InChI=1S/C17H13N3O2S/c21-20(22)12-6-3-5-11(8-12)15-14-9-10-4-1-2-7-13(10)16(14)19-17(23)18-15/h1-8,15H,9H2,(H2,18,19,23). The van der Waals surface area contributed by atoms with E-state index in [-0.39, 0.29) is 16.7 Å². The van der Waals surface area contributed by atoms with Crippen molar-refractivity contribution in [2.45, 2.75) is 12.5 Å². The molecule has 1 atom stereocenters. The molecular formula is C17H13N3O2S. The van der Waals surface area contributed by atoms with Crippen LogP contribution in [0.25, 0.3) is 5.70 Å². The molecule has 1 unspecified atom stereocenters. The van der Waals surface area contributed by atoms with Gasteiger partial charge in [0.1, 0.15) is 0 Å². The second-order valence-corrected chi connectivity index (χ2v) is 6.03. The zero-order valence-electron chi connectivity index (χ0n) is 12.1. The van der Waals surface area contributed by atoms with E-state index in [0.717, 1.165) is 23.2 Å². The Bertz CT molecular complexity index is 876. The number of thiocarbonyl (C=S) groups is 1. The van der Waals surface area contributed by atoms with Crippen molar-refractivity contribution in [2.75, 3.05) is 0 Å². The zero-order valence-corrected chi connectivity index (χ0v) is 12.9. The fraction of sp³-hybridized carbons (Fsp3) is 0.118. The van der Waals surface area contributed by atoms with E-state index in [0.29, 0.717) is 5.11 Å². The van der Waals surface area contributed by atoms with Gasteiger partial charge in [-0.3, -0.25) is 10.1 Å². The molecule has 0 spiro atoms. The fourth-order valence-electron chi connectivity index (χ4n) is 3.25. The molecule has 1 heterocycles. The number of nitro benzene ring substituents is 1. The topological polar surface area (TPSA) is 67.2 Å². The molecule has 0 saturated heterocycles. The highest BCUT2D eigenvalue weighted by Gasteiger charge is 2.33. The fourth-order valence-corrected chi connectivity index (χ4v) is 3.47. The maximum atomic E-state index is 11.0. The van der Waals surface area contributed by atoms with Gasteiger partial charge in [-0.05, 0) is 35.3 Å². The maximum absolute atomic E-state index is 11.0. The molecule has 0 aromatic heterocycles. The zero-order chi connectivity index (χ0) is 16.0. The van der Waals surface area contributed by atoms with Gasteiger partial charge in [0, 0.05) is 23.4 Å². The van der Waals surface area contributed by atoms with Gasteiger partial charge in [-0.1, -0.05) is 36.4 Å². The number of non-ortho nitro benzene ring substituents is 1. The Kier molecular flexibility index (Phi) is 3.12. The van der Waals surface area contributed by atoms with Gasteiger partial charge in [-0.15, -0.1) is 0 Å². The van der Waals surface area contributed by atoms with Crippen LogP contribution in [0.1, 0.15) is 22.7 Å². The highest BCUT2D eigenvalue weighted by Crippen LogP contribution is 2.40. The third-order valence-corrected chi connectivity index (χ3v) is 4.49. The van der Waals surface area contributed by atoms with Crippen molar-refractivity contribution in [2.24, 2.45) is 0 Å². The first-order chi connectivity index (χ1) is 11.1. The number of rotatable bonds is 2. The Morgan fingerprint density at radius 1 is 1.17 bits per heavy atom. The molecule has 6 heteroatoms.